The van der Waals surface area contributed by atoms with Crippen molar-refractivity contribution in [3.8, 4) is 0 Å². The van der Waals surface area contributed by atoms with Crippen LogP contribution in [0.5, 0.6) is 0 Å². The summed E-state index contributed by atoms with van der Waals surface area (Å²) in [4.78, 5) is 0. The van der Waals surface area contributed by atoms with Gasteiger partial charge in [0.1, 0.15) is 0 Å². The van der Waals surface area contributed by atoms with Gasteiger partial charge in [-0.2, -0.15) is 9.90 Å². The monoisotopic (exact) mass is 407 g/mol. The summed E-state index contributed by atoms with van der Waals surface area (Å²) in [5.41, 5.74) is 12.6. The fraction of sp³-hybridized carbons (Fsp3) is 0.692. The van der Waals surface area contributed by atoms with Gasteiger partial charge in [-0.25, -0.2) is 0 Å². The van der Waals surface area contributed by atoms with E-state index >= 15 is 0 Å². The van der Waals surface area contributed by atoms with Crippen LogP contribution in [0.15, 0.2) is 20.8 Å². The van der Waals surface area contributed by atoms with Crippen molar-refractivity contribution in [2.75, 3.05) is 0 Å². The minimum absolute atomic E-state index is 0. The fourth-order valence-electron chi connectivity index (χ4n) is 2.53. The Morgan fingerprint density at radius 2 is 1.27 bits per heavy atom. The Kier molecular flexibility index (Phi) is 4.60. The van der Waals surface area contributed by atoms with Gasteiger partial charge < -0.3 is 0 Å². The van der Waals surface area contributed by atoms with Crippen LogP contribution in [-0.4, -0.2) is 0 Å². The van der Waals surface area contributed by atoms with E-state index < -0.39 is 15.3 Å². The summed E-state index contributed by atoms with van der Waals surface area (Å²) in [5.74, 6) is 0. The molecule has 1 aliphatic rings. The molecule has 1 unspecified atom stereocenters. The first-order valence-corrected chi connectivity index (χ1v) is 13.3. The van der Waals surface area contributed by atoms with Crippen LogP contribution in [0.4, 0.5) is 0 Å². The Hall–Kier alpha value is 0.559. The van der Waals surface area contributed by atoms with Gasteiger partial charge in [0, 0.05) is 0 Å². The van der Waals surface area contributed by atoms with Gasteiger partial charge in [-0.15, -0.1) is 0 Å². The molecule has 0 aromatic carbocycles. The van der Waals surface area contributed by atoms with Gasteiger partial charge in [0.05, 0.1) is 0 Å². The van der Waals surface area contributed by atoms with Crippen molar-refractivity contribution in [2.45, 2.75) is 50.9 Å². The van der Waals surface area contributed by atoms with E-state index in [4.69, 9.17) is 0 Å². The van der Waals surface area contributed by atoms with Crippen LogP contribution < -0.4 is 0 Å². The average molecular weight is 407 g/mol. The van der Waals surface area contributed by atoms with Gasteiger partial charge in [0.25, 0.3) is 0 Å². The maximum atomic E-state index is 2.51. The van der Waals surface area contributed by atoms with Gasteiger partial charge in [-0.05, 0) is 0 Å². The van der Waals surface area contributed by atoms with Crippen molar-refractivity contribution in [2.24, 2.45) is 5.41 Å². The zero-order valence-corrected chi connectivity index (χ0v) is 15.3. The Morgan fingerprint density at radius 3 is 1.40 bits per heavy atom. The fourth-order valence-corrected chi connectivity index (χ4v) is 10.6. The molecule has 0 fully saturated rings. The summed E-state index contributed by atoms with van der Waals surface area (Å²) in [6.45, 7) is 11.7. The van der Waals surface area contributed by atoms with Crippen LogP contribution in [0.1, 0.15) is 34.6 Å². The molecule has 93 valence electrons. The van der Waals surface area contributed by atoms with E-state index in [0.29, 0.717) is 5.41 Å². The van der Waals surface area contributed by atoms with E-state index in [0.717, 1.165) is 0 Å². The quantitative estimate of drug-likeness (QED) is 0.538. The van der Waals surface area contributed by atoms with Gasteiger partial charge in [0.15, 0.2) is 0 Å². The minimum Gasteiger partial charge on any atom is -0.153 e. The number of hydrogen-bond acceptors (Lipinski definition) is 0. The Morgan fingerprint density at radius 1 is 0.867 bits per heavy atom. The Labute approximate surface area is 102 Å². The summed E-state index contributed by atoms with van der Waals surface area (Å²) in [6, 6.07) is 0. The molecule has 0 saturated carbocycles. The molecule has 1 rings (SSSR count). The summed E-state index contributed by atoms with van der Waals surface area (Å²) in [6.07, 6.45) is 0. The predicted molar refractivity (Wildman–Crippen MR) is 73.6 cm³/mol. The summed E-state index contributed by atoms with van der Waals surface area (Å²) in [7, 11) is 0. The second-order valence-electron chi connectivity index (χ2n) is 5.29. The van der Waals surface area contributed by atoms with Gasteiger partial charge in [-0.1, -0.05) is 0 Å². The molecular formula is C13H27IrP. The number of allylic oxidation sites excluding steroid dienone is 4. The van der Waals surface area contributed by atoms with Crippen LogP contribution in [0.25, 0.3) is 0 Å². The van der Waals surface area contributed by atoms with Gasteiger partial charge in [0.2, 0.25) is 0 Å². The van der Waals surface area contributed by atoms with Crippen LogP contribution >= 0.6 is 9.90 Å². The van der Waals surface area contributed by atoms with E-state index in [2.05, 4.69) is 50.9 Å². The molecule has 0 heterocycles. The molecule has 0 saturated heterocycles. The minimum atomic E-state index is -1.68. The molecule has 15 heavy (non-hydrogen) atoms. The smallest absolute Gasteiger partial charge is 0.153 e. The maximum absolute atomic E-state index is 2.51. The molecule has 0 N–H and O–H groups in total. The van der Waals surface area contributed by atoms with E-state index in [1.165, 1.54) is 0 Å². The van der Waals surface area contributed by atoms with Crippen LogP contribution in [0, 0.1) is 5.41 Å². The van der Waals surface area contributed by atoms with Crippen molar-refractivity contribution in [1.29, 1.82) is 0 Å². The van der Waals surface area contributed by atoms with Crippen molar-refractivity contribution in [1.82, 2.24) is 0 Å². The molecule has 0 spiro atoms. The van der Waals surface area contributed by atoms with Crippen molar-refractivity contribution >= 4 is 9.90 Å². The van der Waals surface area contributed by atoms with Crippen LogP contribution in [-0.2, 0) is 15.3 Å². The van der Waals surface area contributed by atoms with Crippen molar-refractivity contribution in [3.63, 3.8) is 0 Å². The maximum Gasteiger partial charge on any atom is -0.153 e. The van der Waals surface area contributed by atoms with Crippen molar-refractivity contribution in [3.05, 3.63) is 20.8 Å². The molecule has 1 aliphatic carbocycles. The standard InChI is InChI=1S/C10H15.3CH3.Ir.H3P/c1-7-6-10(4,5)9(3)8(7)2;;;;;/h1-5H3;3*1H3;;1H3. The first-order valence-electron chi connectivity index (χ1n) is 4.92. The third-order valence-corrected chi connectivity index (χ3v) is 9.38. The molecule has 0 amide bonds. The largest absolute Gasteiger partial charge is 0.153 e. The van der Waals surface area contributed by atoms with Crippen LogP contribution in [0.2, 0.25) is 16.3 Å². The normalized spacial score (nSPS) is 21.9. The molecule has 0 nitrogen and oxygen atoms in total. The molecule has 0 radical (unpaired) electrons. The van der Waals surface area contributed by atoms with Crippen LogP contribution in [0.3, 0.4) is 0 Å². The third kappa shape index (κ3) is 2.46. The van der Waals surface area contributed by atoms with E-state index in [-0.39, 0.29) is 9.90 Å². The summed E-state index contributed by atoms with van der Waals surface area (Å²) >= 11 is -1.68. The molecule has 0 aromatic heterocycles. The Bertz CT molecular complexity index is 327. The molecule has 0 aromatic rings. The second-order valence-corrected chi connectivity index (χ2v) is 17.3. The number of rotatable bonds is 1. The molecule has 1 atom stereocenters. The molecule has 0 bridgehead atoms. The first-order chi connectivity index (χ1) is 6.10. The zero-order valence-electron chi connectivity index (χ0n) is 11.5. The van der Waals surface area contributed by atoms with Gasteiger partial charge in [-0.3, -0.25) is 0 Å². The Balaban J connectivity index is 0.00000196. The average Bonchev–Trinajstić information content (AvgIpc) is 2.10. The second kappa shape index (κ2) is 4.44. The topological polar surface area (TPSA) is 0 Å². The zero-order chi connectivity index (χ0) is 11.3. The van der Waals surface area contributed by atoms with E-state index in [1.807, 2.05) is 0 Å². The van der Waals surface area contributed by atoms with E-state index in [9.17, 15) is 0 Å². The third-order valence-electron chi connectivity index (χ3n) is 3.40. The summed E-state index contributed by atoms with van der Waals surface area (Å²) in [5, 5.41) is 0. The summed E-state index contributed by atoms with van der Waals surface area (Å²) < 4.78 is 1.80. The van der Waals surface area contributed by atoms with Crippen molar-refractivity contribution < 1.29 is 15.3 Å². The molecular weight excluding hydrogens is 379 g/mol. The molecule has 0 aliphatic heterocycles. The molecule has 2 heteroatoms. The number of hydrogen-bond donors (Lipinski definition) is 0. The van der Waals surface area contributed by atoms with Gasteiger partial charge >= 0.3 is 92.4 Å². The SMILES string of the molecule is CC1=C(C)C(C)(C)[C]([Ir]([CH3])([CH3])[CH3])=C1C.P. The first kappa shape index (κ1) is 15.6. The predicted octanol–water partition coefficient (Wildman–Crippen LogP) is 4.99. The van der Waals surface area contributed by atoms with E-state index in [1.54, 1.807) is 20.8 Å².